The van der Waals surface area contributed by atoms with Gasteiger partial charge >= 0.3 is 11.9 Å². The van der Waals surface area contributed by atoms with Crippen molar-refractivity contribution >= 4 is 11.9 Å². The van der Waals surface area contributed by atoms with Crippen LogP contribution in [0.1, 0.15) is 43.1 Å². The van der Waals surface area contributed by atoms with Crippen molar-refractivity contribution in [1.82, 2.24) is 0 Å². The number of hydrogen-bond acceptors (Lipinski definition) is 6. The zero-order valence-corrected chi connectivity index (χ0v) is 21.2. The third kappa shape index (κ3) is 5.09. The van der Waals surface area contributed by atoms with Crippen molar-refractivity contribution in [2.45, 2.75) is 32.0 Å². The van der Waals surface area contributed by atoms with Crippen molar-refractivity contribution in [3.05, 3.63) is 102 Å². The van der Waals surface area contributed by atoms with E-state index in [2.05, 4.69) is 11.8 Å². The van der Waals surface area contributed by atoms with E-state index in [1.807, 2.05) is 60.7 Å². The Labute approximate surface area is 217 Å². The third-order valence-corrected chi connectivity index (χ3v) is 6.41. The van der Waals surface area contributed by atoms with Crippen LogP contribution in [0.2, 0.25) is 0 Å². The quantitative estimate of drug-likeness (QED) is 0.253. The first-order valence-corrected chi connectivity index (χ1v) is 12.3. The van der Waals surface area contributed by atoms with Gasteiger partial charge in [0.2, 0.25) is 0 Å². The molecular formula is C31H30O6. The summed E-state index contributed by atoms with van der Waals surface area (Å²) in [5, 5.41) is 0. The lowest BCUT2D eigenvalue weighted by Gasteiger charge is -2.29. The lowest BCUT2D eigenvalue weighted by atomic mass is 9.73. The van der Waals surface area contributed by atoms with Crippen LogP contribution < -0.4 is 4.74 Å². The van der Waals surface area contributed by atoms with Gasteiger partial charge in [0.1, 0.15) is 11.9 Å². The van der Waals surface area contributed by atoms with Crippen molar-refractivity contribution in [1.29, 1.82) is 0 Å². The van der Waals surface area contributed by atoms with Crippen LogP contribution in [-0.2, 0) is 29.4 Å². The highest BCUT2D eigenvalue weighted by molar-refractivity contribution is 6.02. The fraction of sp³-hybridized carbons (Fsp3) is 0.290. The molecule has 3 aromatic rings. The summed E-state index contributed by atoms with van der Waals surface area (Å²) >= 11 is 0. The lowest BCUT2D eigenvalue weighted by molar-refractivity contribution is -0.177. The first-order chi connectivity index (χ1) is 18.0. The minimum atomic E-state index is -1.78. The Bertz CT molecular complexity index is 1260. The maximum Gasteiger partial charge on any atom is 0.326 e. The summed E-state index contributed by atoms with van der Waals surface area (Å²) in [6, 6.07) is 26.0. The van der Waals surface area contributed by atoms with Crippen LogP contribution in [-0.4, -0.2) is 32.3 Å². The van der Waals surface area contributed by atoms with Gasteiger partial charge in [-0.2, -0.15) is 0 Å². The van der Waals surface area contributed by atoms with E-state index in [4.69, 9.17) is 18.9 Å². The average Bonchev–Trinajstić information content (AvgIpc) is 3.31. The van der Waals surface area contributed by atoms with Gasteiger partial charge in [0, 0.05) is 12.0 Å². The Morgan fingerprint density at radius 2 is 1.43 bits per heavy atom. The molecule has 0 aromatic heterocycles. The number of carbonyl (C=O) groups excluding carboxylic acids is 2. The Balaban J connectivity index is 1.95. The van der Waals surface area contributed by atoms with Crippen LogP contribution in [0.4, 0.5) is 0 Å². The summed E-state index contributed by atoms with van der Waals surface area (Å²) in [6.07, 6.45) is -1.08. The number of methoxy groups -OCH3 is 1. The van der Waals surface area contributed by atoms with Crippen LogP contribution in [0.25, 0.3) is 0 Å². The molecule has 0 saturated carbocycles. The standard InChI is InChI=1S/C31H30O6/c1-4-35-28(32)31(29(33)36-5-2)22-30(25-14-10-7-11-15-25,21-20-23-12-8-6-9-13-23)37-27(31)24-16-18-26(34-3)19-17-24/h6-19,27H,4-5,22H2,1-3H3/t27-,30-/m1/s1. The smallest absolute Gasteiger partial charge is 0.326 e. The number of benzene rings is 3. The molecular weight excluding hydrogens is 468 g/mol. The van der Waals surface area contributed by atoms with E-state index < -0.39 is 29.1 Å². The maximum atomic E-state index is 13.7. The predicted octanol–water partition coefficient (Wildman–Crippen LogP) is 5.22. The molecule has 0 bridgehead atoms. The normalized spacial score (nSPS) is 19.8. The minimum Gasteiger partial charge on any atom is -0.497 e. The van der Waals surface area contributed by atoms with Crippen molar-refractivity contribution in [2.24, 2.45) is 5.41 Å². The molecule has 6 heteroatoms. The molecule has 1 aliphatic heterocycles. The monoisotopic (exact) mass is 498 g/mol. The van der Waals surface area contributed by atoms with Crippen molar-refractivity contribution < 1.29 is 28.5 Å². The first kappa shape index (κ1) is 26.0. The second kappa shape index (κ2) is 11.3. The Hall–Kier alpha value is -4.08. The Morgan fingerprint density at radius 1 is 0.865 bits per heavy atom. The van der Waals surface area contributed by atoms with Crippen LogP contribution >= 0.6 is 0 Å². The Morgan fingerprint density at radius 3 is 1.97 bits per heavy atom. The van der Waals surface area contributed by atoms with Gasteiger partial charge in [-0.3, -0.25) is 9.59 Å². The van der Waals surface area contributed by atoms with E-state index in [9.17, 15) is 9.59 Å². The molecule has 1 fully saturated rings. The van der Waals surface area contributed by atoms with Gasteiger partial charge in [-0.1, -0.05) is 72.5 Å². The largest absolute Gasteiger partial charge is 0.497 e. The molecule has 0 radical (unpaired) electrons. The number of rotatable bonds is 7. The number of hydrogen-bond donors (Lipinski definition) is 0. The van der Waals surface area contributed by atoms with Gasteiger partial charge in [-0.05, 0) is 49.2 Å². The van der Waals surface area contributed by atoms with Crippen LogP contribution in [0.3, 0.4) is 0 Å². The molecule has 3 aromatic carbocycles. The highest BCUT2D eigenvalue weighted by Gasteiger charge is 2.67. The topological polar surface area (TPSA) is 71.1 Å². The van der Waals surface area contributed by atoms with E-state index in [1.54, 1.807) is 45.2 Å². The highest BCUT2D eigenvalue weighted by Crippen LogP contribution is 2.57. The fourth-order valence-electron chi connectivity index (χ4n) is 4.64. The number of carbonyl (C=O) groups is 2. The van der Waals surface area contributed by atoms with E-state index in [-0.39, 0.29) is 19.6 Å². The molecule has 6 nitrogen and oxygen atoms in total. The summed E-state index contributed by atoms with van der Waals surface area (Å²) in [7, 11) is 1.57. The maximum absolute atomic E-state index is 13.7. The van der Waals surface area contributed by atoms with Gasteiger partial charge in [0.05, 0.1) is 20.3 Å². The number of esters is 2. The van der Waals surface area contributed by atoms with Crippen molar-refractivity contribution in [2.75, 3.05) is 20.3 Å². The molecule has 1 aliphatic rings. The molecule has 0 amide bonds. The van der Waals surface area contributed by atoms with Crippen molar-refractivity contribution in [3.8, 4) is 17.6 Å². The summed E-state index contributed by atoms with van der Waals surface area (Å²) in [6.45, 7) is 3.61. The number of ether oxygens (including phenoxy) is 4. The molecule has 4 rings (SSSR count). The molecule has 0 aliphatic carbocycles. The molecule has 190 valence electrons. The van der Waals surface area contributed by atoms with Gasteiger partial charge in [-0.15, -0.1) is 0 Å². The summed E-state index contributed by atoms with van der Waals surface area (Å²) < 4.78 is 23.0. The van der Waals surface area contributed by atoms with Crippen molar-refractivity contribution in [3.63, 3.8) is 0 Å². The van der Waals surface area contributed by atoms with Gasteiger partial charge in [0.15, 0.2) is 11.0 Å². The van der Waals surface area contributed by atoms with Gasteiger partial charge in [-0.25, -0.2) is 0 Å². The summed E-state index contributed by atoms with van der Waals surface area (Å²) in [4.78, 5) is 27.4. The molecule has 0 spiro atoms. The molecule has 1 heterocycles. The Kier molecular flexibility index (Phi) is 7.95. The minimum absolute atomic E-state index is 0.0712. The zero-order valence-electron chi connectivity index (χ0n) is 21.2. The van der Waals surface area contributed by atoms with E-state index in [0.717, 1.165) is 11.1 Å². The highest BCUT2D eigenvalue weighted by atomic mass is 16.6. The third-order valence-electron chi connectivity index (χ3n) is 6.41. The second-order valence-corrected chi connectivity index (χ2v) is 8.67. The van der Waals surface area contributed by atoms with Crippen LogP contribution in [0.5, 0.6) is 5.75 Å². The molecule has 37 heavy (non-hydrogen) atoms. The summed E-state index contributed by atoms with van der Waals surface area (Å²) in [5.41, 5.74) is -0.941. The summed E-state index contributed by atoms with van der Waals surface area (Å²) in [5.74, 6) is 5.72. The lowest BCUT2D eigenvalue weighted by Crippen LogP contribution is -2.45. The van der Waals surface area contributed by atoms with Gasteiger partial charge in [0.25, 0.3) is 0 Å². The van der Waals surface area contributed by atoms with E-state index in [0.29, 0.717) is 11.3 Å². The second-order valence-electron chi connectivity index (χ2n) is 8.67. The predicted molar refractivity (Wildman–Crippen MR) is 139 cm³/mol. The average molecular weight is 499 g/mol. The fourth-order valence-corrected chi connectivity index (χ4v) is 4.64. The molecule has 0 unspecified atom stereocenters. The van der Waals surface area contributed by atoms with E-state index in [1.165, 1.54) is 0 Å². The van der Waals surface area contributed by atoms with E-state index >= 15 is 0 Å². The van der Waals surface area contributed by atoms with Gasteiger partial charge < -0.3 is 18.9 Å². The molecule has 1 saturated heterocycles. The molecule has 2 atom stereocenters. The SMILES string of the molecule is CCOC(=O)C1(C(=O)OCC)C[C@](C#Cc2ccccc2)(c2ccccc2)O[C@@H]1c1ccc(OC)cc1. The van der Waals surface area contributed by atoms with Crippen LogP contribution in [0, 0.1) is 17.3 Å². The molecule has 0 N–H and O–H groups in total. The first-order valence-electron chi connectivity index (χ1n) is 12.3. The van der Waals surface area contributed by atoms with Crippen LogP contribution in [0.15, 0.2) is 84.9 Å². The zero-order chi connectivity index (χ0) is 26.3.